The van der Waals surface area contributed by atoms with Crippen LogP contribution in [0.4, 0.5) is 0 Å². The average molecular weight is 853 g/mol. The third-order valence-electron chi connectivity index (χ3n) is 10.9. The Morgan fingerprint density at radius 3 is 2.31 bits per heavy atom. The van der Waals surface area contributed by atoms with Crippen LogP contribution < -0.4 is 10.1 Å². The molecule has 10 nitrogen and oxygen atoms in total. The maximum absolute atomic E-state index is 14.2. The fourth-order valence-electron chi connectivity index (χ4n) is 7.54. The molecule has 3 atom stereocenters. The van der Waals surface area contributed by atoms with Crippen molar-refractivity contribution >= 4 is 41.0 Å². The molecule has 2 amide bonds. The zero-order valence-electron chi connectivity index (χ0n) is 32.9. The second kappa shape index (κ2) is 17.8. The van der Waals surface area contributed by atoms with Gasteiger partial charge in [-0.2, -0.15) is 5.26 Å². The summed E-state index contributed by atoms with van der Waals surface area (Å²) in [6.45, 7) is 2.46. The van der Waals surface area contributed by atoms with Crippen molar-refractivity contribution in [3.8, 4) is 22.9 Å². The number of amides is 2. The van der Waals surface area contributed by atoms with Gasteiger partial charge in [-0.25, -0.2) is 4.79 Å². The van der Waals surface area contributed by atoms with Gasteiger partial charge in [0.15, 0.2) is 11.9 Å². The summed E-state index contributed by atoms with van der Waals surface area (Å²) in [7, 11) is 0. The molecule has 61 heavy (non-hydrogen) atoms. The van der Waals surface area contributed by atoms with Crippen molar-refractivity contribution in [2.24, 2.45) is 0 Å². The number of halogens is 2. The normalized spacial score (nSPS) is 17.2. The molecule has 3 aliphatic rings. The Hall–Kier alpha value is -6.80. The fourth-order valence-corrected chi connectivity index (χ4v) is 7.86. The molecule has 2 N–H and O–H groups in total. The topological polar surface area (TPSA) is 138 Å². The van der Waals surface area contributed by atoms with Crippen molar-refractivity contribution in [1.82, 2.24) is 10.2 Å². The largest absolute Gasteiger partial charge is 0.489 e. The van der Waals surface area contributed by atoms with Crippen LogP contribution in [-0.2, 0) is 32.1 Å². The number of nitriles is 1. The number of nitrogens with one attached hydrogen (secondary N) is 1. The Bertz CT molecular complexity index is 2650. The maximum atomic E-state index is 14.2. The molecular formula is C49H39Cl2N3O7. The Labute approximate surface area is 362 Å². The number of carboxylic acid groups (broad SMARTS) is 1. The van der Waals surface area contributed by atoms with E-state index in [1.54, 1.807) is 48.7 Å². The third-order valence-corrected chi connectivity index (χ3v) is 11.6. The highest BCUT2D eigenvalue weighted by Gasteiger charge is 2.39. The first-order valence-corrected chi connectivity index (χ1v) is 20.4. The zero-order chi connectivity index (χ0) is 42.6. The molecule has 5 aromatic rings. The van der Waals surface area contributed by atoms with E-state index >= 15 is 0 Å². The number of hydrogen-bond acceptors (Lipinski definition) is 7. The predicted octanol–water partition coefficient (Wildman–Crippen LogP) is 9.66. The van der Waals surface area contributed by atoms with Gasteiger partial charge in [0.2, 0.25) is 5.91 Å². The quantitative estimate of drug-likeness (QED) is 0.134. The highest BCUT2D eigenvalue weighted by atomic mass is 35.5. The number of rotatable bonds is 11. The van der Waals surface area contributed by atoms with E-state index < -0.39 is 30.1 Å². The van der Waals surface area contributed by atoms with Crippen molar-refractivity contribution in [2.45, 2.75) is 51.0 Å². The number of carbonyl (C=O) groups excluding carboxylic acids is 2. The summed E-state index contributed by atoms with van der Waals surface area (Å²) in [5, 5.41) is 23.1. The van der Waals surface area contributed by atoms with E-state index in [-0.39, 0.29) is 25.4 Å². The molecule has 0 bridgehead atoms. The van der Waals surface area contributed by atoms with Crippen LogP contribution in [0.15, 0.2) is 150 Å². The first-order chi connectivity index (χ1) is 29.5. The first kappa shape index (κ1) is 41.0. The zero-order valence-corrected chi connectivity index (χ0v) is 34.5. The average Bonchev–Trinajstić information content (AvgIpc) is 3.28. The second-order valence-corrected chi connectivity index (χ2v) is 15.9. The number of aryl methyl sites for hydroxylation is 1. The van der Waals surface area contributed by atoms with Crippen LogP contribution in [-0.4, -0.2) is 46.5 Å². The van der Waals surface area contributed by atoms with Crippen LogP contribution in [0.1, 0.15) is 57.1 Å². The second-order valence-electron chi connectivity index (χ2n) is 15.1. The molecule has 0 saturated carbocycles. The smallest absolute Gasteiger partial charge is 0.326 e. The van der Waals surface area contributed by atoms with Gasteiger partial charge in [-0.05, 0) is 100 Å². The van der Waals surface area contributed by atoms with Gasteiger partial charge in [-0.15, -0.1) is 0 Å². The summed E-state index contributed by atoms with van der Waals surface area (Å²) in [5.41, 5.74) is 7.72. The summed E-state index contributed by atoms with van der Waals surface area (Å²) in [6.07, 6.45) is 3.61. The molecule has 0 spiro atoms. The number of allylic oxidation sites excluding steroid dienone is 2. The molecule has 8 rings (SSSR count). The monoisotopic (exact) mass is 851 g/mol. The molecule has 1 aliphatic carbocycles. The fraction of sp³-hybridized carbons (Fsp3) is 0.184. The number of carboxylic acids is 1. The number of carbonyl (C=O) groups is 3. The van der Waals surface area contributed by atoms with Crippen molar-refractivity contribution in [3.05, 3.63) is 194 Å². The van der Waals surface area contributed by atoms with Crippen molar-refractivity contribution in [1.29, 1.82) is 5.26 Å². The predicted molar refractivity (Wildman–Crippen MR) is 230 cm³/mol. The van der Waals surface area contributed by atoms with E-state index in [0.717, 1.165) is 39.0 Å². The SMILES string of the molecule is Cc1cccc(C(=O)N2C=C3CC4=C(C=C3CC2C(=O)N[C@@H](Cc2ccc(-c3ccc(C#N)cc3)cc2)C(=O)O)OC[C@H](c2ccc(OCc3ccc(Cl)c(Cl)c3)cc2)O4)c1. The molecule has 5 aromatic carbocycles. The first-order valence-electron chi connectivity index (χ1n) is 19.6. The molecule has 0 radical (unpaired) electrons. The molecule has 12 heteroatoms. The lowest BCUT2D eigenvalue weighted by atomic mass is 9.86. The van der Waals surface area contributed by atoms with Gasteiger partial charge in [0.05, 0.1) is 21.7 Å². The lowest BCUT2D eigenvalue weighted by molar-refractivity contribution is -0.142. The summed E-state index contributed by atoms with van der Waals surface area (Å²) in [6, 6.07) is 34.4. The van der Waals surface area contributed by atoms with Crippen LogP contribution in [0.5, 0.6) is 5.75 Å². The van der Waals surface area contributed by atoms with Gasteiger partial charge in [0, 0.05) is 31.0 Å². The number of ether oxygens (including phenoxy) is 3. The van der Waals surface area contributed by atoms with Crippen LogP contribution >= 0.6 is 23.2 Å². The lowest BCUT2D eigenvalue weighted by Gasteiger charge is -2.38. The molecule has 0 saturated heterocycles. The number of fused-ring (bicyclic) bond motifs is 1. The summed E-state index contributed by atoms with van der Waals surface area (Å²) in [4.78, 5) is 42.4. The lowest BCUT2D eigenvalue weighted by Crippen LogP contribution is -2.53. The highest BCUT2D eigenvalue weighted by molar-refractivity contribution is 6.42. The molecule has 0 aromatic heterocycles. The summed E-state index contributed by atoms with van der Waals surface area (Å²) in [5.74, 6) is -0.355. The van der Waals surface area contributed by atoms with Gasteiger partial charge >= 0.3 is 5.97 Å². The van der Waals surface area contributed by atoms with Gasteiger partial charge < -0.3 is 29.5 Å². The van der Waals surface area contributed by atoms with Crippen molar-refractivity contribution in [3.63, 3.8) is 0 Å². The van der Waals surface area contributed by atoms with Gasteiger partial charge in [-0.3, -0.25) is 9.59 Å². The van der Waals surface area contributed by atoms with E-state index in [1.165, 1.54) is 4.90 Å². The van der Waals surface area contributed by atoms with E-state index in [0.29, 0.717) is 57.0 Å². The van der Waals surface area contributed by atoms with Gasteiger partial charge in [-0.1, -0.05) is 95.5 Å². The van der Waals surface area contributed by atoms with E-state index in [2.05, 4.69) is 11.4 Å². The number of aliphatic carboxylic acids is 1. The number of benzene rings is 5. The van der Waals surface area contributed by atoms with Crippen LogP contribution in [0.3, 0.4) is 0 Å². The van der Waals surface area contributed by atoms with E-state index in [9.17, 15) is 19.5 Å². The van der Waals surface area contributed by atoms with Crippen LogP contribution in [0, 0.1) is 18.3 Å². The Morgan fingerprint density at radius 1 is 0.902 bits per heavy atom. The maximum Gasteiger partial charge on any atom is 0.326 e. The highest BCUT2D eigenvalue weighted by Crippen LogP contribution is 2.42. The standard InChI is InChI=1S/C49H39Cl2N3O7/c1-29-3-2-4-36(19-29)48(56)54-26-38-24-45-44(60-28-46(61-45)35-14-16-39(17-15-35)59-27-32-9-18-40(50)41(51)20-32)23-37(38)22-43(54)47(55)53-42(49(57)58)21-30-5-10-33(11-6-30)34-12-7-31(25-52)8-13-34/h2-20,23,26,42-43,46H,21-22,24,27-28H2,1H3,(H,53,55)(H,57,58)/t42-,43?,46+/m0/s1. The minimum Gasteiger partial charge on any atom is -0.489 e. The van der Waals surface area contributed by atoms with Crippen molar-refractivity contribution in [2.75, 3.05) is 6.61 Å². The van der Waals surface area contributed by atoms with Crippen LogP contribution in [0.2, 0.25) is 10.0 Å². The number of nitrogens with zero attached hydrogens (tertiary/aromatic N) is 2. The third kappa shape index (κ3) is 9.34. The van der Waals surface area contributed by atoms with Crippen LogP contribution in [0.25, 0.3) is 11.1 Å². The Kier molecular flexibility index (Phi) is 12.0. The minimum absolute atomic E-state index is 0.0220. The van der Waals surface area contributed by atoms with E-state index in [1.807, 2.05) is 85.8 Å². The Balaban J connectivity index is 0.981. The Morgan fingerprint density at radius 2 is 1.62 bits per heavy atom. The molecule has 2 heterocycles. The minimum atomic E-state index is -1.26. The van der Waals surface area contributed by atoms with Gasteiger partial charge in [0.1, 0.15) is 36.8 Å². The summed E-state index contributed by atoms with van der Waals surface area (Å²) < 4.78 is 18.7. The van der Waals surface area contributed by atoms with Crippen molar-refractivity contribution < 1.29 is 33.7 Å². The number of hydrogen-bond donors (Lipinski definition) is 2. The van der Waals surface area contributed by atoms with E-state index in [4.69, 9.17) is 42.7 Å². The summed E-state index contributed by atoms with van der Waals surface area (Å²) >= 11 is 12.2. The van der Waals surface area contributed by atoms with Gasteiger partial charge in [0.25, 0.3) is 5.91 Å². The molecule has 1 unspecified atom stereocenters. The molecule has 306 valence electrons. The molecular weight excluding hydrogens is 813 g/mol. The molecule has 2 aliphatic heterocycles. The molecule has 0 fully saturated rings.